The summed E-state index contributed by atoms with van der Waals surface area (Å²) in [4.78, 5) is 27.5. The maximum absolute atomic E-state index is 12.7. The lowest BCUT2D eigenvalue weighted by atomic mass is 9.91. The molecule has 3 aromatic rings. The Morgan fingerprint density at radius 2 is 1.90 bits per heavy atom. The molecule has 144 valence electrons. The van der Waals surface area contributed by atoms with Gasteiger partial charge in [0.25, 0.3) is 0 Å². The summed E-state index contributed by atoms with van der Waals surface area (Å²) in [5, 5.41) is 0. The van der Waals surface area contributed by atoms with Crippen LogP contribution in [-0.2, 0) is 30.8 Å². The van der Waals surface area contributed by atoms with Crippen molar-refractivity contribution in [3.8, 4) is 0 Å². The van der Waals surface area contributed by atoms with E-state index in [1.54, 1.807) is 12.4 Å². The summed E-state index contributed by atoms with van der Waals surface area (Å²) in [6.45, 7) is 3.93. The van der Waals surface area contributed by atoms with E-state index in [0.29, 0.717) is 26.1 Å². The highest BCUT2D eigenvalue weighted by atomic mass is 16.2. The van der Waals surface area contributed by atoms with Crippen molar-refractivity contribution in [2.24, 2.45) is 4.99 Å². The van der Waals surface area contributed by atoms with Gasteiger partial charge >= 0.3 is 0 Å². The van der Waals surface area contributed by atoms with Gasteiger partial charge in [0.1, 0.15) is 0 Å². The third kappa shape index (κ3) is 3.27. The van der Waals surface area contributed by atoms with Gasteiger partial charge in [-0.25, -0.2) is 9.97 Å². The fraction of sp³-hybridized carbons (Fsp3) is 0.217. The van der Waals surface area contributed by atoms with E-state index in [4.69, 9.17) is 5.73 Å². The summed E-state index contributed by atoms with van der Waals surface area (Å²) < 4.78 is 0. The van der Waals surface area contributed by atoms with Crippen LogP contribution < -0.4 is 5.73 Å². The molecule has 5 rings (SSSR count). The van der Waals surface area contributed by atoms with Crippen molar-refractivity contribution in [3.63, 3.8) is 0 Å². The molecule has 6 heteroatoms. The highest BCUT2D eigenvalue weighted by Gasteiger charge is 2.27. The first kappa shape index (κ1) is 17.6. The van der Waals surface area contributed by atoms with Crippen molar-refractivity contribution < 1.29 is 4.79 Å². The number of nitrogen functional groups attached to an aromatic ring is 1. The number of aliphatic imine (C=N–C) groups is 1. The number of carbonyl (C=O) groups is 1. The Morgan fingerprint density at radius 1 is 1.07 bits per heavy atom. The lowest BCUT2D eigenvalue weighted by Gasteiger charge is -2.29. The molecular weight excluding hydrogens is 362 g/mol. The van der Waals surface area contributed by atoms with E-state index < -0.39 is 0 Å². The number of amides is 1. The summed E-state index contributed by atoms with van der Waals surface area (Å²) in [7, 11) is 0. The molecule has 0 bridgehead atoms. The largest absolute Gasteiger partial charge is 0.368 e. The molecule has 0 aliphatic carbocycles. The molecule has 0 fully saturated rings. The minimum atomic E-state index is 0.171. The molecule has 0 saturated carbocycles. The highest BCUT2D eigenvalue weighted by Crippen LogP contribution is 2.30. The number of hydrogen-bond acceptors (Lipinski definition) is 5. The smallest absolute Gasteiger partial charge is 0.227 e. The quantitative estimate of drug-likeness (QED) is 0.754. The van der Waals surface area contributed by atoms with E-state index in [-0.39, 0.29) is 11.9 Å². The molecule has 1 aromatic heterocycles. The van der Waals surface area contributed by atoms with Crippen LogP contribution in [0.25, 0.3) is 0 Å². The van der Waals surface area contributed by atoms with Crippen molar-refractivity contribution in [2.45, 2.75) is 33.0 Å². The Labute approximate surface area is 169 Å². The predicted octanol–water partition coefficient (Wildman–Crippen LogP) is 2.80. The standard InChI is InChI=1S/C23H21N5O/c1-14-3-2-4-15(5-14)12-28-13-18-7-20-17(6-16(18)8-21(28)29)9-25-22(20)19-10-26-23(24)27-11-19/h2-7,10-11H,8-9,12-13H2,1H3,(H2,24,26,27). The van der Waals surface area contributed by atoms with E-state index in [2.05, 4.69) is 52.2 Å². The maximum atomic E-state index is 12.7. The zero-order valence-corrected chi connectivity index (χ0v) is 16.2. The first-order chi connectivity index (χ1) is 14.1. The van der Waals surface area contributed by atoms with Gasteiger partial charge in [-0.05, 0) is 35.2 Å². The monoisotopic (exact) mass is 383 g/mol. The van der Waals surface area contributed by atoms with E-state index in [0.717, 1.165) is 33.5 Å². The summed E-state index contributed by atoms with van der Waals surface area (Å²) in [6.07, 6.45) is 3.86. The minimum absolute atomic E-state index is 0.171. The topological polar surface area (TPSA) is 84.5 Å². The number of carbonyl (C=O) groups excluding carboxylic acids is 1. The molecule has 2 N–H and O–H groups in total. The Bertz CT molecular complexity index is 1150. The number of aryl methyl sites for hydroxylation is 1. The maximum Gasteiger partial charge on any atom is 0.227 e. The summed E-state index contributed by atoms with van der Waals surface area (Å²) in [5.41, 5.74) is 14.3. The molecule has 1 amide bonds. The van der Waals surface area contributed by atoms with E-state index in [1.807, 2.05) is 11.0 Å². The lowest BCUT2D eigenvalue weighted by Crippen LogP contribution is -2.35. The lowest BCUT2D eigenvalue weighted by molar-refractivity contribution is -0.132. The van der Waals surface area contributed by atoms with Gasteiger partial charge in [0.2, 0.25) is 11.9 Å². The van der Waals surface area contributed by atoms with Gasteiger partial charge in [0, 0.05) is 36.6 Å². The van der Waals surface area contributed by atoms with Crippen LogP contribution in [0.15, 0.2) is 53.8 Å². The van der Waals surface area contributed by atoms with Gasteiger partial charge in [-0.2, -0.15) is 0 Å². The molecule has 0 radical (unpaired) electrons. The normalized spacial score (nSPS) is 15.1. The molecule has 2 aromatic carbocycles. The Hall–Kier alpha value is -3.54. The van der Waals surface area contributed by atoms with Gasteiger partial charge in [-0.15, -0.1) is 0 Å². The number of aromatic nitrogens is 2. The average molecular weight is 383 g/mol. The number of anilines is 1. The number of nitrogens with two attached hydrogens (primary N) is 1. The second-order valence-corrected chi connectivity index (χ2v) is 7.69. The number of hydrogen-bond donors (Lipinski definition) is 1. The fourth-order valence-electron chi connectivity index (χ4n) is 4.10. The van der Waals surface area contributed by atoms with E-state index in [1.165, 1.54) is 11.1 Å². The van der Waals surface area contributed by atoms with Crippen LogP contribution in [-0.4, -0.2) is 26.5 Å². The first-order valence-corrected chi connectivity index (χ1v) is 9.67. The first-order valence-electron chi connectivity index (χ1n) is 9.67. The van der Waals surface area contributed by atoms with E-state index in [9.17, 15) is 4.79 Å². The van der Waals surface area contributed by atoms with Crippen molar-refractivity contribution >= 4 is 17.6 Å². The number of benzene rings is 2. The number of nitrogens with zero attached hydrogens (tertiary/aromatic N) is 4. The van der Waals surface area contributed by atoms with Crippen LogP contribution in [0.4, 0.5) is 5.95 Å². The van der Waals surface area contributed by atoms with Crippen LogP contribution >= 0.6 is 0 Å². The molecule has 0 saturated heterocycles. The van der Waals surface area contributed by atoms with Gasteiger partial charge in [-0.3, -0.25) is 9.79 Å². The van der Waals surface area contributed by atoms with Crippen LogP contribution in [0, 0.1) is 6.92 Å². The highest BCUT2D eigenvalue weighted by molar-refractivity contribution is 6.15. The molecule has 3 heterocycles. The molecule has 2 aliphatic rings. The van der Waals surface area contributed by atoms with Crippen LogP contribution in [0.3, 0.4) is 0 Å². The third-order valence-corrected chi connectivity index (χ3v) is 5.54. The minimum Gasteiger partial charge on any atom is -0.368 e. The summed E-state index contributed by atoms with van der Waals surface area (Å²) in [6, 6.07) is 12.6. The number of fused-ring (bicyclic) bond motifs is 2. The van der Waals surface area contributed by atoms with Gasteiger partial charge in [0.05, 0.1) is 18.7 Å². The third-order valence-electron chi connectivity index (χ3n) is 5.54. The molecule has 0 spiro atoms. The van der Waals surface area contributed by atoms with Gasteiger partial charge in [0.15, 0.2) is 0 Å². The second-order valence-electron chi connectivity index (χ2n) is 7.69. The molecule has 6 nitrogen and oxygen atoms in total. The van der Waals surface area contributed by atoms with Crippen molar-refractivity contribution in [2.75, 3.05) is 5.73 Å². The Kier molecular flexibility index (Phi) is 4.12. The Balaban J connectivity index is 1.45. The fourth-order valence-corrected chi connectivity index (χ4v) is 4.10. The zero-order chi connectivity index (χ0) is 20.0. The average Bonchev–Trinajstić information content (AvgIpc) is 3.10. The van der Waals surface area contributed by atoms with E-state index >= 15 is 0 Å². The summed E-state index contributed by atoms with van der Waals surface area (Å²) >= 11 is 0. The van der Waals surface area contributed by atoms with Crippen molar-refractivity contribution in [1.82, 2.24) is 14.9 Å². The van der Waals surface area contributed by atoms with Crippen LogP contribution in [0.1, 0.15) is 38.9 Å². The second kappa shape index (κ2) is 6.81. The summed E-state index contributed by atoms with van der Waals surface area (Å²) in [5.74, 6) is 0.424. The van der Waals surface area contributed by atoms with Crippen molar-refractivity contribution in [3.05, 3.63) is 87.7 Å². The SMILES string of the molecule is Cc1cccc(CN2Cc3cc4c(cc3CC2=O)CN=C4c2cnc(N)nc2)c1. The van der Waals surface area contributed by atoms with Gasteiger partial charge in [-0.1, -0.05) is 35.9 Å². The molecular formula is C23H21N5O. The van der Waals surface area contributed by atoms with Crippen molar-refractivity contribution in [1.29, 1.82) is 0 Å². The van der Waals surface area contributed by atoms with Crippen LogP contribution in [0.2, 0.25) is 0 Å². The molecule has 2 aliphatic heterocycles. The predicted molar refractivity (Wildman–Crippen MR) is 111 cm³/mol. The molecule has 29 heavy (non-hydrogen) atoms. The molecule has 0 unspecified atom stereocenters. The Morgan fingerprint density at radius 3 is 2.69 bits per heavy atom. The van der Waals surface area contributed by atoms with Gasteiger partial charge < -0.3 is 10.6 Å². The van der Waals surface area contributed by atoms with Crippen LogP contribution in [0.5, 0.6) is 0 Å². The molecule has 0 atom stereocenters. The number of rotatable bonds is 3. The zero-order valence-electron chi connectivity index (χ0n) is 16.2.